The second kappa shape index (κ2) is 6.10. The van der Waals surface area contributed by atoms with Gasteiger partial charge < -0.3 is 10.2 Å². The van der Waals surface area contributed by atoms with Gasteiger partial charge in [-0.2, -0.15) is 0 Å². The lowest BCUT2D eigenvalue weighted by atomic mass is 9.96. The molecular formula is C14H20BrN3O2. The fraction of sp³-hybridized carbons (Fsp3) is 0.571. The number of halogens is 1. The first kappa shape index (κ1) is 15.3. The summed E-state index contributed by atoms with van der Waals surface area (Å²) in [6, 6.07) is 5.13. The van der Waals surface area contributed by atoms with Crippen molar-refractivity contribution in [2.24, 2.45) is 0 Å². The van der Waals surface area contributed by atoms with Crippen LogP contribution in [0.3, 0.4) is 0 Å². The van der Waals surface area contributed by atoms with Gasteiger partial charge in [-0.15, -0.1) is 0 Å². The van der Waals surface area contributed by atoms with Crippen LogP contribution in [-0.4, -0.2) is 36.0 Å². The smallest absolute Gasteiger partial charge is 0.293 e. The maximum absolute atomic E-state index is 11.1. The number of rotatable bonds is 5. The first-order valence-corrected chi connectivity index (χ1v) is 7.59. The molecule has 0 atom stereocenters. The van der Waals surface area contributed by atoms with Crippen LogP contribution in [0, 0.1) is 10.1 Å². The minimum atomic E-state index is -0.343. The van der Waals surface area contributed by atoms with Gasteiger partial charge in [-0.3, -0.25) is 10.1 Å². The average molecular weight is 342 g/mol. The Balaban J connectivity index is 2.16. The molecule has 0 aliphatic heterocycles. The molecule has 0 aromatic heterocycles. The maximum Gasteiger partial charge on any atom is 0.293 e. The van der Waals surface area contributed by atoms with Gasteiger partial charge in [0.2, 0.25) is 0 Å². The third-order valence-electron chi connectivity index (χ3n) is 4.25. The monoisotopic (exact) mass is 341 g/mol. The van der Waals surface area contributed by atoms with Gasteiger partial charge in [-0.25, -0.2) is 0 Å². The number of benzene rings is 1. The van der Waals surface area contributed by atoms with E-state index in [9.17, 15) is 10.1 Å². The van der Waals surface area contributed by atoms with Gasteiger partial charge in [0.25, 0.3) is 5.69 Å². The summed E-state index contributed by atoms with van der Waals surface area (Å²) in [7, 11) is 4.17. The van der Waals surface area contributed by atoms with Gasteiger partial charge >= 0.3 is 0 Å². The van der Waals surface area contributed by atoms with Crippen molar-refractivity contribution in [1.29, 1.82) is 0 Å². The molecule has 1 aromatic carbocycles. The maximum atomic E-state index is 11.1. The van der Waals surface area contributed by atoms with Crippen molar-refractivity contribution in [3.63, 3.8) is 0 Å². The third kappa shape index (κ3) is 3.12. The molecule has 0 heterocycles. The summed E-state index contributed by atoms with van der Waals surface area (Å²) < 4.78 is 0.720. The van der Waals surface area contributed by atoms with Gasteiger partial charge in [-0.1, -0.05) is 28.8 Å². The Labute approximate surface area is 127 Å². The third-order valence-corrected chi connectivity index (χ3v) is 4.74. The fourth-order valence-electron chi connectivity index (χ4n) is 2.88. The van der Waals surface area contributed by atoms with E-state index >= 15 is 0 Å². The SMILES string of the molecule is CN(C)C1(CNc2ccc(Br)cc2[N+](=O)[O-])CCCC1. The molecule has 1 saturated carbocycles. The molecule has 2 rings (SSSR count). The van der Waals surface area contributed by atoms with Crippen LogP contribution in [0.15, 0.2) is 22.7 Å². The van der Waals surface area contributed by atoms with Crippen LogP contribution in [0.5, 0.6) is 0 Å². The lowest BCUT2D eigenvalue weighted by molar-refractivity contribution is -0.384. The van der Waals surface area contributed by atoms with Gasteiger partial charge in [0, 0.05) is 22.6 Å². The minimum absolute atomic E-state index is 0.112. The van der Waals surface area contributed by atoms with E-state index < -0.39 is 0 Å². The zero-order valence-electron chi connectivity index (χ0n) is 11.9. The van der Waals surface area contributed by atoms with E-state index in [-0.39, 0.29) is 16.1 Å². The summed E-state index contributed by atoms with van der Waals surface area (Å²) in [5, 5.41) is 14.4. The van der Waals surface area contributed by atoms with Crippen molar-refractivity contribution in [1.82, 2.24) is 4.90 Å². The van der Waals surface area contributed by atoms with Crippen molar-refractivity contribution >= 4 is 27.3 Å². The summed E-state index contributed by atoms with van der Waals surface area (Å²) >= 11 is 3.28. The molecule has 0 amide bonds. The predicted octanol–water partition coefficient (Wildman–Crippen LogP) is 3.64. The van der Waals surface area contributed by atoms with Gasteiger partial charge in [0.15, 0.2) is 0 Å². The van der Waals surface area contributed by atoms with Crippen molar-refractivity contribution in [2.75, 3.05) is 26.0 Å². The average Bonchev–Trinajstić information content (AvgIpc) is 2.87. The standard InChI is InChI=1S/C14H20BrN3O2/c1-17(2)14(7-3-4-8-14)10-16-12-6-5-11(15)9-13(12)18(19)20/h5-6,9,16H,3-4,7-8,10H2,1-2H3. The van der Waals surface area contributed by atoms with Crippen molar-refractivity contribution < 1.29 is 4.92 Å². The highest BCUT2D eigenvalue weighted by Gasteiger charge is 2.36. The summed E-state index contributed by atoms with van der Waals surface area (Å²) in [5.74, 6) is 0. The molecule has 0 bridgehead atoms. The normalized spacial score (nSPS) is 17.4. The lowest BCUT2D eigenvalue weighted by Crippen LogP contribution is -2.47. The second-order valence-corrected chi connectivity index (χ2v) is 6.51. The zero-order chi connectivity index (χ0) is 14.8. The second-order valence-electron chi connectivity index (χ2n) is 5.60. The van der Waals surface area contributed by atoms with E-state index in [1.54, 1.807) is 12.1 Å². The van der Waals surface area contributed by atoms with Crippen LogP contribution in [-0.2, 0) is 0 Å². The summed E-state index contributed by atoms with van der Waals surface area (Å²) in [5.41, 5.74) is 0.818. The van der Waals surface area contributed by atoms with Crippen LogP contribution in [0.2, 0.25) is 0 Å². The number of hydrogen-bond acceptors (Lipinski definition) is 4. The topological polar surface area (TPSA) is 58.4 Å². The molecule has 5 nitrogen and oxygen atoms in total. The molecule has 1 fully saturated rings. The predicted molar refractivity (Wildman–Crippen MR) is 84.2 cm³/mol. The van der Waals surface area contributed by atoms with Crippen molar-refractivity contribution in [3.05, 3.63) is 32.8 Å². The Morgan fingerprint density at radius 3 is 2.60 bits per heavy atom. The quantitative estimate of drug-likeness (QED) is 0.656. The molecule has 20 heavy (non-hydrogen) atoms. The highest BCUT2D eigenvalue weighted by Crippen LogP contribution is 2.35. The number of nitro benzene ring substituents is 1. The molecule has 0 unspecified atom stereocenters. The number of nitro groups is 1. The number of nitrogens with zero attached hydrogens (tertiary/aromatic N) is 2. The van der Waals surface area contributed by atoms with Crippen LogP contribution in [0.25, 0.3) is 0 Å². The first-order valence-electron chi connectivity index (χ1n) is 6.80. The van der Waals surface area contributed by atoms with Gasteiger partial charge in [0.05, 0.1) is 4.92 Å². The van der Waals surface area contributed by atoms with E-state index in [0.29, 0.717) is 5.69 Å². The zero-order valence-corrected chi connectivity index (χ0v) is 13.4. The largest absolute Gasteiger partial charge is 0.378 e. The minimum Gasteiger partial charge on any atom is -0.378 e. The van der Waals surface area contributed by atoms with Crippen LogP contribution in [0.1, 0.15) is 25.7 Å². The van der Waals surface area contributed by atoms with E-state index in [1.165, 1.54) is 12.8 Å². The Bertz CT molecular complexity index is 499. The van der Waals surface area contributed by atoms with Crippen LogP contribution >= 0.6 is 15.9 Å². The Hall–Kier alpha value is -1.14. The fourth-order valence-corrected chi connectivity index (χ4v) is 3.23. The number of hydrogen-bond donors (Lipinski definition) is 1. The highest BCUT2D eigenvalue weighted by molar-refractivity contribution is 9.10. The van der Waals surface area contributed by atoms with Crippen LogP contribution in [0.4, 0.5) is 11.4 Å². The van der Waals surface area contributed by atoms with E-state index in [4.69, 9.17) is 0 Å². The molecule has 0 spiro atoms. The number of likely N-dealkylation sites (N-methyl/N-ethyl adjacent to an activating group) is 1. The lowest BCUT2D eigenvalue weighted by Gasteiger charge is -2.36. The van der Waals surface area contributed by atoms with Crippen molar-refractivity contribution in [3.8, 4) is 0 Å². The Morgan fingerprint density at radius 2 is 2.05 bits per heavy atom. The first-order chi connectivity index (χ1) is 9.44. The Morgan fingerprint density at radius 1 is 1.40 bits per heavy atom. The summed E-state index contributed by atoms with van der Waals surface area (Å²) in [6.07, 6.45) is 4.72. The molecule has 0 saturated heterocycles. The summed E-state index contributed by atoms with van der Waals surface area (Å²) in [4.78, 5) is 13.0. The molecule has 1 aliphatic carbocycles. The molecule has 0 radical (unpaired) electrons. The van der Waals surface area contributed by atoms with Gasteiger partial charge in [-0.05, 0) is 39.1 Å². The molecule has 6 heteroatoms. The van der Waals surface area contributed by atoms with E-state index in [2.05, 4.69) is 40.2 Å². The molecular weight excluding hydrogens is 322 g/mol. The Kier molecular flexibility index (Phi) is 4.65. The van der Waals surface area contributed by atoms with E-state index in [0.717, 1.165) is 23.9 Å². The van der Waals surface area contributed by atoms with E-state index in [1.807, 2.05) is 6.07 Å². The highest BCUT2D eigenvalue weighted by atomic mass is 79.9. The van der Waals surface area contributed by atoms with Gasteiger partial charge in [0.1, 0.15) is 5.69 Å². The molecule has 1 aromatic rings. The summed E-state index contributed by atoms with van der Waals surface area (Å²) in [6.45, 7) is 0.739. The van der Waals surface area contributed by atoms with Crippen molar-refractivity contribution in [2.45, 2.75) is 31.2 Å². The number of anilines is 1. The molecule has 1 aliphatic rings. The molecule has 1 N–H and O–H groups in total. The van der Waals surface area contributed by atoms with Crippen LogP contribution < -0.4 is 5.32 Å². The number of nitrogens with one attached hydrogen (secondary N) is 1. The molecule has 110 valence electrons.